The van der Waals surface area contributed by atoms with Crippen molar-refractivity contribution >= 4 is 11.0 Å². The maximum atomic E-state index is 4.75. The van der Waals surface area contributed by atoms with Crippen molar-refractivity contribution in [3.8, 4) is 22.6 Å². The largest absolute Gasteiger partial charge is 0.252 e. The van der Waals surface area contributed by atoms with E-state index in [1.807, 2.05) is 37.5 Å². The summed E-state index contributed by atoms with van der Waals surface area (Å²) >= 11 is 0. The van der Waals surface area contributed by atoms with Crippen molar-refractivity contribution in [2.75, 3.05) is 0 Å². The molecular weight excluding hydrogens is 300 g/mol. The predicted octanol–water partition coefficient (Wildman–Crippen LogP) is 3.10. The lowest BCUT2D eigenvalue weighted by Gasteiger charge is -2.06. The molecule has 118 valence electrons. The maximum Gasteiger partial charge on any atom is 0.181 e. The lowest BCUT2D eigenvalue weighted by atomic mass is 10.1. The molecule has 4 aromatic rings. The molecule has 6 heteroatoms. The fraction of sp³-hybridized carbons (Fsp3) is 0.167. The van der Waals surface area contributed by atoms with Crippen molar-refractivity contribution in [2.45, 2.75) is 13.8 Å². The first kappa shape index (κ1) is 14.4. The lowest BCUT2D eigenvalue weighted by Crippen LogP contribution is -1.95. The maximum absolute atomic E-state index is 4.75. The SMILES string of the molecule is Cc1cc2ncc(-c3ccc(-c4nnnn4C)cc3)nc2cc1C. The number of hydrogen-bond donors (Lipinski definition) is 0. The van der Waals surface area contributed by atoms with Gasteiger partial charge in [0.2, 0.25) is 0 Å². The Kier molecular flexibility index (Phi) is 3.30. The van der Waals surface area contributed by atoms with Gasteiger partial charge in [-0.1, -0.05) is 24.3 Å². The number of hydrogen-bond acceptors (Lipinski definition) is 5. The van der Waals surface area contributed by atoms with Crippen LogP contribution in [0.4, 0.5) is 0 Å². The summed E-state index contributed by atoms with van der Waals surface area (Å²) in [5.74, 6) is 0.734. The van der Waals surface area contributed by atoms with Crippen molar-refractivity contribution in [3.63, 3.8) is 0 Å². The van der Waals surface area contributed by atoms with Crippen LogP contribution in [0, 0.1) is 13.8 Å². The van der Waals surface area contributed by atoms with Crippen LogP contribution in [0.15, 0.2) is 42.6 Å². The molecule has 24 heavy (non-hydrogen) atoms. The minimum Gasteiger partial charge on any atom is -0.252 e. The Labute approximate surface area is 139 Å². The van der Waals surface area contributed by atoms with Crippen molar-refractivity contribution in [3.05, 3.63) is 53.7 Å². The van der Waals surface area contributed by atoms with E-state index >= 15 is 0 Å². The first-order valence-corrected chi connectivity index (χ1v) is 7.69. The summed E-state index contributed by atoms with van der Waals surface area (Å²) in [6, 6.07) is 12.2. The normalized spacial score (nSPS) is 11.1. The molecule has 0 amide bonds. The molecule has 0 aliphatic carbocycles. The number of aromatic nitrogens is 6. The molecule has 0 unspecified atom stereocenters. The van der Waals surface area contributed by atoms with E-state index in [1.54, 1.807) is 4.68 Å². The number of aryl methyl sites for hydroxylation is 3. The van der Waals surface area contributed by atoms with E-state index in [-0.39, 0.29) is 0 Å². The van der Waals surface area contributed by atoms with Gasteiger partial charge in [-0.3, -0.25) is 4.98 Å². The Morgan fingerprint density at radius 1 is 0.875 bits per heavy atom. The molecule has 6 nitrogen and oxygen atoms in total. The van der Waals surface area contributed by atoms with Crippen LogP contribution in [0.5, 0.6) is 0 Å². The summed E-state index contributed by atoms with van der Waals surface area (Å²) in [4.78, 5) is 9.30. The van der Waals surface area contributed by atoms with Gasteiger partial charge >= 0.3 is 0 Å². The average Bonchev–Trinajstić information content (AvgIpc) is 3.02. The van der Waals surface area contributed by atoms with Crippen LogP contribution in [0.2, 0.25) is 0 Å². The van der Waals surface area contributed by atoms with Crippen molar-refractivity contribution in [2.24, 2.45) is 7.05 Å². The molecule has 0 radical (unpaired) electrons. The summed E-state index contributed by atoms with van der Waals surface area (Å²) in [6.45, 7) is 4.18. The van der Waals surface area contributed by atoms with Crippen LogP contribution in [-0.2, 0) is 7.05 Å². The minimum absolute atomic E-state index is 0.734. The first-order valence-electron chi connectivity index (χ1n) is 7.69. The van der Waals surface area contributed by atoms with Crippen LogP contribution in [0.1, 0.15) is 11.1 Å². The van der Waals surface area contributed by atoms with E-state index in [0.717, 1.165) is 33.7 Å². The van der Waals surface area contributed by atoms with Crippen molar-refractivity contribution < 1.29 is 0 Å². The molecule has 0 aliphatic heterocycles. The van der Waals surface area contributed by atoms with Gasteiger partial charge in [0.1, 0.15) is 0 Å². The molecule has 2 heterocycles. The molecular formula is C18H16N6. The van der Waals surface area contributed by atoms with E-state index in [1.165, 1.54) is 11.1 Å². The monoisotopic (exact) mass is 316 g/mol. The van der Waals surface area contributed by atoms with Crippen LogP contribution >= 0.6 is 0 Å². The summed E-state index contributed by atoms with van der Waals surface area (Å²) < 4.78 is 1.65. The topological polar surface area (TPSA) is 69.4 Å². The highest BCUT2D eigenvalue weighted by atomic mass is 15.5. The quantitative estimate of drug-likeness (QED) is 0.568. The molecule has 0 aliphatic rings. The van der Waals surface area contributed by atoms with Crippen LogP contribution in [0.25, 0.3) is 33.7 Å². The van der Waals surface area contributed by atoms with E-state index < -0.39 is 0 Å². The summed E-state index contributed by atoms with van der Waals surface area (Å²) in [5.41, 5.74) is 7.12. The van der Waals surface area contributed by atoms with E-state index in [0.29, 0.717) is 0 Å². The second kappa shape index (κ2) is 5.49. The molecule has 2 aromatic carbocycles. The van der Waals surface area contributed by atoms with Gasteiger partial charge in [-0.15, -0.1) is 5.10 Å². The van der Waals surface area contributed by atoms with Gasteiger partial charge < -0.3 is 0 Å². The molecule has 4 rings (SSSR count). The first-order chi connectivity index (χ1) is 11.6. The summed E-state index contributed by atoms with van der Waals surface area (Å²) in [6.07, 6.45) is 1.82. The molecule has 0 spiro atoms. The highest BCUT2D eigenvalue weighted by molar-refractivity contribution is 5.79. The highest BCUT2D eigenvalue weighted by Crippen LogP contribution is 2.24. The number of rotatable bonds is 2. The third-order valence-corrected chi connectivity index (χ3v) is 4.22. The zero-order chi connectivity index (χ0) is 16.7. The Balaban J connectivity index is 1.74. The third kappa shape index (κ3) is 2.42. The van der Waals surface area contributed by atoms with Gasteiger partial charge in [0.25, 0.3) is 0 Å². The molecule has 0 fully saturated rings. The Morgan fingerprint density at radius 3 is 2.21 bits per heavy atom. The second-order valence-corrected chi connectivity index (χ2v) is 5.88. The fourth-order valence-corrected chi connectivity index (χ4v) is 2.67. The van der Waals surface area contributed by atoms with Gasteiger partial charge in [0.15, 0.2) is 5.82 Å². The van der Waals surface area contributed by atoms with E-state index in [9.17, 15) is 0 Å². The molecule has 0 bridgehead atoms. The number of benzene rings is 2. The molecule has 0 saturated heterocycles. The third-order valence-electron chi connectivity index (χ3n) is 4.22. The van der Waals surface area contributed by atoms with Gasteiger partial charge in [-0.25, -0.2) is 9.67 Å². The second-order valence-electron chi connectivity index (χ2n) is 5.88. The Morgan fingerprint density at radius 2 is 1.54 bits per heavy atom. The Bertz CT molecular complexity index is 1030. The standard InChI is InChI=1S/C18H16N6/c1-11-8-15-16(9-12(11)2)20-17(10-19-15)13-4-6-14(7-5-13)18-21-22-23-24(18)3/h4-10H,1-3H3. The van der Waals surface area contributed by atoms with Crippen LogP contribution in [0.3, 0.4) is 0 Å². The van der Waals surface area contributed by atoms with Gasteiger partial charge in [0.05, 0.1) is 22.9 Å². The highest BCUT2D eigenvalue weighted by Gasteiger charge is 2.08. The molecule has 0 saturated carbocycles. The van der Waals surface area contributed by atoms with Gasteiger partial charge in [-0.05, 0) is 47.5 Å². The fourth-order valence-electron chi connectivity index (χ4n) is 2.67. The van der Waals surface area contributed by atoms with E-state index in [2.05, 4.69) is 46.5 Å². The van der Waals surface area contributed by atoms with E-state index in [4.69, 9.17) is 4.98 Å². The minimum atomic E-state index is 0.734. The average molecular weight is 316 g/mol. The van der Waals surface area contributed by atoms with Crippen LogP contribution < -0.4 is 0 Å². The zero-order valence-electron chi connectivity index (χ0n) is 13.7. The lowest BCUT2D eigenvalue weighted by molar-refractivity contribution is 0.714. The van der Waals surface area contributed by atoms with Crippen molar-refractivity contribution in [1.82, 2.24) is 30.2 Å². The molecule has 0 N–H and O–H groups in total. The van der Waals surface area contributed by atoms with Crippen molar-refractivity contribution in [1.29, 1.82) is 0 Å². The molecule has 0 atom stereocenters. The summed E-state index contributed by atoms with van der Waals surface area (Å²) in [7, 11) is 1.82. The number of tetrazole rings is 1. The molecule has 2 aromatic heterocycles. The predicted molar refractivity (Wildman–Crippen MR) is 92.2 cm³/mol. The smallest absolute Gasteiger partial charge is 0.181 e. The van der Waals surface area contributed by atoms with Gasteiger partial charge in [-0.2, -0.15) is 0 Å². The number of fused-ring (bicyclic) bond motifs is 1. The zero-order valence-corrected chi connectivity index (χ0v) is 13.7. The van der Waals surface area contributed by atoms with Gasteiger partial charge in [0, 0.05) is 18.2 Å². The summed E-state index contributed by atoms with van der Waals surface area (Å²) in [5, 5.41) is 11.5. The van der Waals surface area contributed by atoms with Crippen LogP contribution in [-0.4, -0.2) is 30.2 Å². The Hall–Kier alpha value is -3.15. The number of nitrogens with zero attached hydrogens (tertiary/aromatic N) is 6.